The molecule has 0 spiro atoms. The Bertz CT molecular complexity index is 1120. The maximum absolute atomic E-state index is 5.68. The number of benzene rings is 4. The Morgan fingerprint density at radius 2 is 1.10 bits per heavy atom. The van der Waals surface area contributed by atoms with Crippen molar-refractivity contribution in [2.75, 3.05) is 14.2 Å². The van der Waals surface area contributed by atoms with Gasteiger partial charge in [0.1, 0.15) is 11.5 Å². The van der Waals surface area contributed by atoms with E-state index in [1.807, 2.05) is 6.07 Å². The zero-order valence-electron chi connectivity index (χ0n) is 17.7. The molecule has 0 heterocycles. The first-order valence-corrected chi connectivity index (χ1v) is 10.5. The van der Waals surface area contributed by atoms with Gasteiger partial charge >= 0.3 is 0 Å². The summed E-state index contributed by atoms with van der Waals surface area (Å²) < 4.78 is 11.3. The first-order chi connectivity index (χ1) is 14.8. The standard InChI is InChI=1S/C28H28O2/c1-29-27-20-28(30-2)26(19-25(27)16-12-21-8-4-3-5-9-21)17-14-22-13-15-23-10-6-7-11-24(23)18-22/h3-11,13,15,18-20H,12,14,16-17H2,1-2H3. The maximum Gasteiger partial charge on any atom is 0.125 e. The molecule has 0 amide bonds. The lowest BCUT2D eigenvalue weighted by Crippen LogP contribution is -2.01. The summed E-state index contributed by atoms with van der Waals surface area (Å²) in [5.41, 5.74) is 5.15. The third-order valence-corrected chi connectivity index (χ3v) is 5.71. The first-order valence-electron chi connectivity index (χ1n) is 10.5. The SMILES string of the molecule is COc1cc(OC)c(CCc2ccc3ccccc3c2)cc1CCc1ccccc1. The maximum atomic E-state index is 5.68. The van der Waals surface area contributed by atoms with Crippen LogP contribution in [0.15, 0.2) is 84.9 Å². The lowest BCUT2D eigenvalue weighted by molar-refractivity contribution is 0.388. The molecule has 0 aromatic heterocycles. The predicted octanol–water partition coefficient (Wildman–Crippen LogP) is 6.43. The highest BCUT2D eigenvalue weighted by Crippen LogP contribution is 2.31. The van der Waals surface area contributed by atoms with Gasteiger partial charge in [-0.15, -0.1) is 0 Å². The second-order valence-electron chi connectivity index (χ2n) is 7.64. The van der Waals surface area contributed by atoms with Crippen LogP contribution in [0.3, 0.4) is 0 Å². The first kappa shape index (κ1) is 20.0. The third kappa shape index (κ3) is 4.65. The van der Waals surface area contributed by atoms with Gasteiger partial charge in [0.25, 0.3) is 0 Å². The van der Waals surface area contributed by atoms with E-state index >= 15 is 0 Å². The topological polar surface area (TPSA) is 18.5 Å². The fraction of sp³-hybridized carbons (Fsp3) is 0.214. The summed E-state index contributed by atoms with van der Waals surface area (Å²) in [5, 5.41) is 2.58. The number of fused-ring (bicyclic) bond motifs is 1. The molecule has 0 N–H and O–H groups in total. The van der Waals surface area contributed by atoms with Crippen molar-refractivity contribution in [1.82, 2.24) is 0 Å². The van der Waals surface area contributed by atoms with E-state index in [0.29, 0.717) is 0 Å². The van der Waals surface area contributed by atoms with Gasteiger partial charge in [-0.2, -0.15) is 0 Å². The molecule has 0 fully saturated rings. The summed E-state index contributed by atoms with van der Waals surface area (Å²) >= 11 is 0. The molecule has 0 unspecified atom stereocenters. The second kappa shape index (κ2) is 9.49. The highest BCUT2D eigenvalue weighted by molar-refractivity contribution is 5.83. The Hall–Kier alpha value is -3.26. The number of hydrogen-bond acceptors (Lipinski definition) is 2. The molecule has 4 aromatic carbocycles. The molecule has 0 aliphatic carbocycles. The minimum absolute atomic E-state index is 0.899. The number of hydrogen-bond donors (Lipinski definition) is 0. The summed E-state index contributed by atoms with van der Waals surface area (Å²) in [4.78, 5) is 0. The molecule has 30 heavy (non-hydrogen) atoms. The minimum atomic E-state index is 0.899. The minimum Gasteiger partial charge on any atom is -0.496 e. The molecule has 0 radical (unpaired) electrons. The molecule has 0 saturated carbocycles. The third-order valence-electron chi connectivity index (χ3n) is 5.71. The molecule has 4 aromatic rings. The summed E-state index contributed by atoms with van der Waals surface area (Å²) in [6, 6.07) is 30.1. The largest absolute Gasteiger partial charge is 0.496 e. The van der Waals surface area contributed by atoms with Crippen molar-refractivity contribution in [3.8, 4) is 11.5 Å². The van der Waals surface area contributed by atoms with Crippen LogP contribution in [-0.4, -0.2) is 14.2 Å². The average molecular weight is 397 g/mol. The Balaban J connectivity index is 1.54. The van der Waals surface area contributed by atoms with Crippen LogP contribution in [0.25, 0.3) is 10.8 Å². The van der Waals surface area contributed by atoms with E-state index in [9.17, 15) is 0 Å². The van der Waals surface area contributed by atoms with Crippen LogP contribution < -0.4 is 9.47 Å². The van der Waals surface area contributed by atoms with Crippen LogP contribution >= 0.6 is 0 Å². The number of ether oxygens (including phenoxy) is 2. The van der Waals surface area contributed by atoms with Crippen LogP contribution in [0, 0.1) is 0 Å². The van der Waals surface area contributed by atoms with Gasteiger partial charge in [-0.3, -0.25) is 0 Å². The second-order valence-corrected chi connectivity index (χ2v) is 7.64. The van der Waals surface area contributed by atoms with Crippen LogP contribution in [0.1, 0.15) is 22.3 Å². The van der Waals surface area contributed by atoms with Crippen molar-refractivity contribution in [2.45, 2.75) is 25.7 Å². The molecule has 0 bridgehead atoms. The van der Waals surface area contributed by atoms with E-state index in [4.69, 9.17) is 9.47 Å². The van der Waals surface area contributed by atoms with Crippen LogP contribution in [0.5, 0.6) is 11.5 Å². The Morgan fingerprint density at radius 3 is 1.77 bits per heavy atom. The lowest BCUT2D eigenvalue weighted by Gasteiger charge is -2.15. The number of methoxy groups -OCH3 is 2. The van der Waals surface area contributed by atoms with Gasteiger partial charge in [-0.1, -0.05) is 72.8 Å². The molecule has 0 saturated heterocycles. The van der Waals surface area contributed by atoms with Crippen molar-refractivity contribution in [2.24, 2.45) is 0 Å². The lowest BCUT2D eigenvalue weighted by atomic mass is 9.97. The fourth-order valence-electron chi connectivity index (χ4n) is 4.02. The molecule has 0 aliphatic rings. The van der Waals surface area contributed by atoms with Gasteiger partial charge in [-0.25, -0.2) is 0 Å². The molecule has 0 aliphatic heterocycles. The summed E-state index contributed by atoms with van der Waals surface area (Å²) in [6.07, 6.45) is 3.85. The highest BCUT2D eigenvalue weighted by Gasteiger charge is 2.12. The fourth-order valence-corrected chi connectivity index (χ4v) is 4.02. The van der Waals surface area contributed by atoms with Crippen molar-refractivity contribution in [3.63, 3.8) is 0 Å². The smallest absolute Gasteiger partial charge is 0.125 e. The molecular formula is C28H28O2. The molecule has 2 nitrogen and oxygen atoms in total. The van der Waals surface area contributed by atoms with E-state index in [-0.39, 0.29) is 0 Å². The van der Waals surface area contributed by atoms with Gasteiger partial charge in [0, 0.05) is 6.07 Å². The zero-order chi connectivity index (χ0) is 20.8. The van der Waals surface area contributed by atoms with Crippen molar-refractivity contribution < 1.29 is 9.47 Å². The molecule has 0 atom stereocenters. The van der Waals surface area contributed by atoms with Crippen molar-refractivity contribution in [3.05, 3.63) is 107 Å². The van der Waals surface area contributed by atoms with Crippen LogP contribution in [-0.2, 0) is 25.7 Å². The Morgan fingerprint density at radius 1 is 0.500 bits per heavy atom. The summed E-state index contributed by atoms with van der Waals surface area (Å²) in [6.45, 7) is 0. The Labute approximate surface area is 179 Å². The number of rotatable bonds is 8. The quantitative estimate of drug-likeness (QED) is 0.342. The van der Waals surface area contributed by atoms with Gasteiger partial charge in [0.2, 0.25) is 0 Å². The van der Waals surface area contributed by atoms with E-state index in [2.05, 4.69) is 78.9 Å². The van der Waals surface area contributed by atoms with Gasteiger partial charge in [-0.05, 0) is 64.8 Å². The van der Waals surface area contributed by atoms with Crippen molar-refractivity contribution in [1.29, 1.82) is 0 Å². The van der Waals surface area contributed by atoms with Crippen molar-refractivity contribution >= 4 is 10.8 Å². The van der Waals surface area contributed by atoms with Crippen LogP contribution in [0.4, 0.5) is 0 Å². The molecular weight excluding hydrogens is 368 g/mol. The summed E-state index contributed by atoms with van der Waals surface area (Å²) in [5.74, 6) is 1.80. The van der Waals surface area contributed by atoms with E-state index in [1.165, 1.54) is 33.0 Å². The molecule has 4 rings (SSSR count). The summed E-state index contributed by atoms with van der Waals surface area (Å²) in [7, 11) is 3.47. The highest BCUT2D eigenvalue weighted by atomic mass is 16.5. The average Bonchev–Trinajstić information content (AvgIpc) is 2.81. The van der Waals surface area contributed by atoms with E-state index < -0.39 is 0 Å². The van der Waals surface area contributed by atoms with Crippen LogP contribution in [0.2, 0.25) is 0 Å². The van der Waals surface area contributed by atoms with E-state index in [0.717, 1.165) is 37.2 Å². The molecule has 2 heteroatoms. The van der Waals surface area contributed by atoms with E-state index in [1.54, 1.807) is 14.2 Å². The Kier molecular flexibility index (Phi) is 6.34. The van der Waals surface area contributed by atoms with Gasteiger partial charge in [0.15, 0.2) is 0 Å². The number of aryl methyl sites for hydroxylation is 4. The normalized spacial score (nSPS) is 10.9. The monoisotopic (exact) mass is 396 g/mol. The van der Waals surface area contributed by atoms with Gasteiger partial charge in [0.05, 0.1) is 14.2 Å². The zero-order valence-corrected chi connectivity index (χ0v) is 17.7. The predicted molar refractivity (Wildman–Crippen MR) is 125 cm³/mol. The van der Waals surface area contributed by atoms with Gasteiger partial charge < -0.3 is 9.47 Å². The molecule has 152 valence electrons.